The van der Waals surface area contributed by atoms with E-state index in [4.69, 9.17) is 4.74 Å². The summed E-state index contributed by atoms with van der Waals surface area (Å²) < 4.78 is 32.5. The van der Waals surface area contributed by atoms with E-state index in [1.165, 1.54) is 4.90 Å². The molecule has 0 bridgehead atoms. The van der Waals surface area contributed by atoms with E-state index in [9.17, 15) is 37.2 Å². The maximum Gasteiger partial charge on any atom is 0.293 e. The number of amides is 3. The number of hydrogen-bond donors (Lipinski definition) is 3. The molecule has 5 aliphatic rings. The Morgan fingerprint density at radius 1 is 1.02 bits per heavy atom. The van der Waals surface area contributed by atoms with Crippen molar-refractivity contribution in [2.45, 2.75) is 99.6 Å². The molecule has 4 fully saturated rings. The lowest BCUT2D eigenvalue weighted by Crippen LogP contribution is -2.58. The largest absolute Gasteiger partial charge is 0.463 e. The fourth-order valence-electron chi connectivity index (χ4n) is 6.87. The standard InChI is InChI=1S/C30H39N5O9S/c36-17-44-19-14-22-27(39)32-30(29(41)33-45(42,43)20-10-11-20)15-18(30)8-4-2-1-3-5-9-21(28(40)35(22)16-19)31-23-24(26(38)25(23)37)34-12-6-7-13-34/h4,8,17-22,31H,1-3,5-7,9-16H2,(H,32,39)(H,33,41)/b8-4-/t18-,19-,21+,22+,30-/m1/s1. The van der Waals surface area contributed by atoms with E-state index in [0.29, 0.717) is 45.2 Å². The predicted octanol–water partition coefficient (Wildman–Crippen LogP) is -0.191. The zero-order chi connectivity index (χ0) is 31.9. The molecule has 2 saturated carbocycles. The van der Waals surface area contributed by atoms with E-state index in [1.54, 1.807) is 0 Å². The average Bonchev–Trinajstić information content (AvgIpc) is 3.88. The van der Waals surface area contributed by atoms with Crippen LogP contribution in [0.25, 0.3) is 0 Å². The maximum absolute atomic E-state index is 14.2. The zero-order valence-electron chi connectivity index (χ0n) is 25.0. The first-order valence-corrected chi connectivity index (χ1v) is 17.4. The number of sulfonamides is 1. The van der Waals surface area contributed by atoms with Crippen molar-refractivity contribution in [3.05, 3.63) is 32.6 Å². The lowest BCUT2D eigenvalue weighted by Gasteiger charge is -2.31. The molecule has 5 atom stereocenters. The Morgan fingerprint density at radius 3 is 2.49 bits per heavy atom. The van der Waals surface area contributed by atoms with Crippen molar-refractivity contribution >= 4 is 45.6 Å². The van der Waals surface area contributed by atoms with Gasteiger partial charge in [-0.15, -0.1) is 0 Å². The van der Waals surface area contributed by atoms with Crippen LogP contribution >= 0.6 is 0 Å². The first-order chi connectivity index (χ1) is 21.6. The number of fused-ring (bicyclic) bond motifs is 2. The van der Waals surface area contributed by atoms with Crippen molar-refractivity contribution in [2.24, 2.45) is 5.92 Å². The average molecular weight is 646 g/mol. The van der Waals surface area contributed by atoms with Crippen LogP contribution in [-0.2, 0) is 33.9 Å². The lowest BCUT2D eigenvalue weighted by molar-refractivity contribution is -0.140. The summed E-state index contributed by atoms with van der Waals surface area (Å²) in [4.78, 5) is 81.0. The number of nitrogens with zero attached hydrogens (tertiary/aromatic N) is 2. The Labute approximate surface area is 260 Å². The Balaban J connectivity index is 1.28. The van der Waals surface area contributed by atoms with Crippen LogP contribution in [0.4, 0.5) is 11.4 Å². The van der Waals surface area contributed by atoms with Gasteiger partial charge in [-0.05, 0) is 51.4 Å². The Morgan fingerprint density at radius 2 is 1.78 bits per heavy atom. The predicted molar refractivity (Wildman–Crippen MR) is 163 cm³/mol. The van der Waals surface area contributed by atoms with E-state index in [0.717, 1.165) is 25.7 Å². The topological polar surface area (TPSA) is 188 Å². The lowest BCUT2D eigenvalue weighted by atomic mass is 10.0. The highest BCUT2D eigenvalue weighted by Gasteiger charge is 2.62. The molecule has 0 unspecified atom stereocenters. The first kappa shape index (κ1) is 31.2. The van der Waals surface area contributed by atoms with E-state index in [1.807, 2.05) is 17.1 Å². The molecule has 0 radical (unpaired) electrons. The smallest absolute Gasteiger partial charge is 0.293 e. The summed E-state index contributed by atoms with van der Waals surface area (Å²) in [5, 5.41) is 5.19. The number of ether oxygens (including phenoxy) is 1. The highest BCUT2D eigenvalue weighted by Crippen LogP contribution is 2.46. The molecular weight excluding hydrogens is 606 g/mol. The van der Waals surface area contributed by atoms with Gasteiger partial charge in [-0.25, -0.2) is 8.42 Å². The third kappa shape index (κ3) is 6.10. The van der Waals surface area contributed by atoms with Crippen LogP contribution < -0.4 is 31.1 Å². The van der Waals surface area contributed by atoms with Crippen molar-refractivity contribution in [1.82, 2.24) is 14.9 Å². The SMILES string of the molecule is O=CO[C@@H]1C[C@H]2C(=O)N[C@]3(C(=O)NS(=O)(=O)C4CC4)C[C@H]3/C=C\CCCCC[C@H](Nc3c(N4CCCC4)c(=O)c3=O)C(=O)N2C1. The van der Waals surface area contributed by atoms with Gasteiger partial charge in [-0.3, -0.25) is 33.5 Å². The highest BCUT2D eigenvalue weighted by molar-refractivity contribution is 7.91. The molecule has 15 heteroatoms. The summed E-state index contributed by atoms with van der Waals surface area (Å²) in [7, 11) is -3.87. The number of allylic oxidation sites excluding steroid dienone is 1. The second-order valence-electron chi connectivity index (χ2n) is 12.9. The summed E-state index contributed by atoms with van der Waals surface area (Å²) in [6.45, 7) is 1.45. The van der Waals surface area contributed by atoms with Gasteiger partial charge in [0.25, 0.3) is 23.2 Å². The Bertz CT molecular complexity index is 1570. The van der Waals surface area contributed by atoms with Crippen molar-refractivity contribution in [2.75, 3.05) is 29.9 Å². The highest BCUT2D eigenvalue weighted by atomic mass is 32.2. The fourth-order valence-corrected chi connectivity index (χ4v) is 8.23. The molecule has 3 N–H and O–H groups in total. The summed E-state index contributed by atoms with van der Waals surface area (Å²) in [5.41, 5.74) is -2.37. The van der Waals surface area contributed by atoms with E-state index in [-0.39, 0.29) is 37.2 Å². The quantitative estimate of drug-likeness (QED) is 0.193. The Hall–Kier alpha value is -3.75. The fraction of sp³-hybridized carbons (Fsp3) is 0.667. The molecule has 2 saturated heterocycles. The van der Waals surface area contributed by atoms with Gasteiger partial charge >= 0.3 is 0 Å². The molecule has 3 heterocycles. The summed E-state index contributed by atoms with van der Waals surface area (Å²) in [5.74, 6) is -2.41. The molecule has 14 nitrogen and oxygen atoms in total. The van der Waals surface area contributed by atoms with Crippen LogP contribution in [0.1, 0.15) is 70.6 Å². The van der Waals surface area contributed by atoms with Gasteiger partial charge in [-0.1, -0.05) is 25.0 Å². The zero-order valence-corrected chi connectivity index (χ0v) is 25.8. The van der Waals surface area contributed by atoms with Gasteiger partial charge in [0, 0.05) is 25.4 Å². The van der Waals surface area contributed by atoms with Crippen LogP contribution in [0.5, 0.6) is 0 Å². The molecule has 0 spiro atoms. The minimum atomic E-state index is -3.87. The second kappa shape index (κ2) is 12.2. The number of carbonyl (C=O) groups is 4. The van der Waals surface area contributed by atoms with Gasteiger partial charge in [-0.2, -0.15) is 0 Å². The van der Waals surface area contributed by atoms with Crippen LogP contribution in [-0.4, -0.2) is 86.1 Å². The van der Waals surface area contributed by atoms with Crippen LogP contribution in [0.2, 0.25) is 0 Å². The van der Waals surface area contributed by atoms with Gasteiger partial charge in [0.2, 0.25) is 21.8 Å². The monoisotopic (exact) mass is 645 g/mol. The van der Waals surface area contributed by atoms with Crippen LogP contribution in [0, 0.1) is 5.92 Å². The van der Waals surface area contributed by atoms with Crippen molar-refractivity contribution in [1.29, 1.82) is 0 Å². The normalized spacial score (nSPS) is 31.6. The van der Waals surface area contributed by atoms with Crippen molar-refractivity contribution < 1.29 is 32.3 Å². The summed E-state index contributed by atoms with van der Waals surface area (Å²) >= 11 is 0. The summed E-state index contributed by atoms with van der Waals surface area (Å²) in [6, 6.07) is -2.06. The molecule has 1 aromatic carbocycles. The molecular formula is C30H39N5O9S. The third-order valence-electron chi connectivity index (χ3n) is 9.72. The first-order valence-electron chi connectivity index (χ1n) is 15.8. The number of carbonyl (C=O) groups excluding carboxylic acids is 4. The van der Waals surface area contributed by atoms with E-state index >= 15 is 0 Å². The van der Waals surface area contributed by atoms with Crippen molar-refractivity contribution in [3.8, 4) is 0 Å². The molecule has 244 valence electrons. The maximum atomic E-state index is 14.2. The number of nitrogens with one attached hydrogen (secondary N) is 3. The number of anilines is 2. The Kier molecular flexibility index (Phi) is 8.48. The third-order valence-corrected chi connectivity index (χ3v) is 11.5. The molecule has 0 aromatic heterocycles. The molecule has 45 heavy (non-hydrogen) atoms. The number of hydrogen-bond acceptors (Lipinski definition) is 11. The molecule has 1 aromatic rings. The molecule has 2 aliphatic carbocycles. The van der Waals surface area contributed by atoms with Gasteiger partial charge in [0.1, 0.15) is 35.1 Å². The van der Waals surface area contributed by atoms with E-state index in [2.05, 4.69) is 15.4 Å². The minimum Gasteiger partial charge on any atom is -0.463 e. The summed E-state index contributed by atoms with van der Waals surface area (Å²) in [6.07, 6.45) is 9.03. The van der Waals surface area contributed by atoms with Crippen molar-refractivity contribution in [3.63, 3.8) is 0 Å². The molecule has 3 amide bonds. The minimum absolute atomic E-state index is 0.0270. The van der Waals surface area contributed by atoms with Crippen LogP contribution in [0.3, 0.4) is 0 Å². The van der Waals surface area contributed by atoms with Gasteiger partial charge in [0.15, 0.2) is 0 Å². The van der Waals surface area contributed by atoms with Gasteiger partial charge < -0.3 is 25.2 Å². The molecule has 6 rings (SSSR count). The van der Waals surface area contributed by atoms with E-state index < -0.39 is 73.5 Å². The van der Waals surface area contributed by atoms with Gasteiger partial charge in [0.05, 0.1) is 11.8 Å². The molecule has 3 aliphatic heterocycles. The van der Waals surface area contributed by atoms with Crippen LogP contribution in [0.15, 0.2) is 21.7 Å². The number of rotatable bonds is 8. The second-order valence-corrected chi connectivity index (χ2v) is 14.8.